The van der Waals surface area contributed by atoms with E-state index in [4.69, 9.17) is 0 Å². The maximum Gasteiger partial charge on any atom is 0.243 e. The van der Waals surface area contributed by atoms with Gasteiger partial charge in [-0.3, -0.25) is 9.59 Å². The molecule has 0 heterocycles. The van der Waals surface area contributed by atoms with Gasteiger partial charge in [-0.1, -0.05) is 56.3 Å². The van der Waals surface area contributed by atoms with Crippen molar-refractivity contribution in [2.24, 2.45) is 0 Å². The minimum absolute atomic E-state index is 0.0229. The normalized spacial score (nSPS) is 12.8. The molecule has 2 rings (SSSR count). The summed E-state index contributed by atoms with van der Waals surface area (Å²) in [6.07, 6.45) is 2.30. The molecule has 0 saturated carbocycles. The van der Waals surface area contributed by atoms with Crippen LogP contribution in [0, 0.1) is 5.82 Å². The van der Waals surface area contributed by atoms with Gasteiger partial charge in [0.1, 0.15) is 11.9 Å². The van der Waals surface area contributed by atoms with Crippen LogP contribution in [0.2, 0.25) is 0 Å². The van der Waals surface area contributed by atoms with E-state index in [-0.39, 0.29) is 30.2 Å². The van der Waals surface area contributed by atoms with Crippen LogP contribution >= 0.6 is 0 Å². The first-order valence-electron chi connectivity index (χ1n) is 10.3. The third-order valence-corrected chi connectivity index (χ3v) is 5.00. The van der Waals surface area contributed by atoms with Crippen molar-refractivity contribution in [3.8, 4) is 0 Å². The summed E-state index contributed by atoms with van der Waals surface area (Å²) < 4.78 is 13.3. The number of rotatable bonds is 10. The molecule has 0 aliphatic carbocycles. The van der Waals surface area contributed by atoms with E-state index in [1.165, 1.54) is 12.1 Å². The summed E-state index contributed by atoms with van der Waals surface area (Å²) in [5.74, 6) is -0.553. The Kier molecular flexibility index (Phi) is 8.84. The molecule has 0 aliphatic heterocycles. The largest absolute Gasteiger partial charge is 0.352 e. The fraction of sp³-hybridized carbons (Fsp3) is 0.417. The zero-order valence-electron chi connectivity index (χ0n) is 17.5. The molecule has 0 bridgehead atoms. The Bertz CT molecular complexity index is 777. The Labute approximate surface area is 173 Å². The number of amides is 2. The summed E-state index contributed by atoms with van der Waals surface area (Å²) in [4.78, 5) is 27.8. The van der Waals surface area contributed by atoms with Gasteiger partial charge >= 0.3 is 0 Å². The third-order valence-electron chi connectivity index (χ3n) is 5.00. The summed E-state index contributed by atoms with van der Waals surface area (Å²) >= 11 is 0. The quantitative estimate of drug-likeness (QED) is 0.641. The van der Waals surface area contributed by atoms with E-state index >= 15 is 0 Å². The van der Waals surface area contributed by atoms with E-state index in [1.54, 1.807) is 17.0 Å². The molecule has 5 heteroatoms. The summed E-state index contributed by atoms with van der Waals surface area (Å²) in [6.45, 7) is 6.18. The summed E-state index contributed by atoms with van der Waals surface area (Å²) in [7, 11) is 0. The Morgan fingerprint density at radius 2 is 1.66 bits per heavy atom. The molecule has 0 spiro atoms. The number of nitrogens with zero attached hydrogens (tertiary/aromatic N) is 1. The highest BCUT2D eigenvalue weighted by atomic mass is 19.1. The predicted octanol–water partition coefficient (Wildman–Crippen LogP) is 4.48. The van der Waals surface area contributed by atoms with Crippen molar-refractivity contribution in [1.82, 2.24) is 10.2 Å². The zero-order valence-corrected chi connectivity index (χ0v) is 17.5. The number of hydrogen-bond acceptors (Lipinski definition) is 2. The monoisotopic (exact) mass is 398 g/mol. The number of carbonyl (C=O) groups is 2. The molecule has 29 heavy (non-hydrogen) atoms. The fourth-order valence-corrected chi connectivity index (χ4v) is 3.14. The van der Waals surface area contributed by atoms with Crippen molar-refractivity contribution in [2.45, 2.75) is 65.1 Å². The molecule has 0 unspecified atom stereocenters. The van der Waals surface area contributed by atoms with Gasteiger partial charge < -0.3 is 10.2 Å². The van der Waals surface area contributed by atoms with E-state index in [9.17, 15) is 14.0 Å². The van der Waals surface area contributed by atoms with Crippen LogP contribution in [0.4, 0.5) is 4.39 Å². The molecule has 2 aromatic rings. The van der Waals surface area contributed by atoms with Gasteiger partial charge in [0.2, 0.25) is 11.8 Å². The predicted molar refractivity (Wildman–Crippen MR) is 114 cm³/mol. The van der Waals surface area contributed by atoms with E-state index in [0.717, 1.165) is 17.5 Å². The molecule has 4 nitrogen and oxygen atoms in total. The van der Waals surface area contributed by atoms with Crippen LogP contribution in [-0.4, -0.2) is 28.8 Å². The number of hydrogen-bond donors (Lipinski definition) is 1. The number of benzene rings is 2. The second-order valence-corrected chi connectivity index (χ2v) is 7.42. The standard InChI is InChI=1S/C24H31FN2O2/c1-4-9-23(28)27(17-20-12-14-21(25)15-13-20)22(24(29)26-18(3)5-2)16-19-10-7-6-8-11-19/h6-8,10-15,18,22H,4-5,9,16-17H2,1-3H3,(H,26,29)/t18-,22+/m1/s1. The van der Waals surface area contributed by atoms with Crippen LogP contribution in [0.5, 0.6) is 0 Å². The lowest BCUT2D eigenvalue weighted by atomic mass is 10.0. The smallest absolute Gasteiger partial charge is 0.243 e. The lowest BCUT2D eigenvalue weighted by Gasteiger charge is -2.32. The summed E-state index contributed by atoms with van der Waals surface area (Å²) in [6, 6.07) is 15.2. The topological polar surface area (TPSA) is 49.4 Å². The van der Waals surface area contributed by atoms with Gasteiger partial charge in [-0.05, 0) is 43.0 Å². The second-order valence-electron chi connectivity index (χ2n) is 7.42. The Balaban J connectivity index is 2.35. The minimum Gasteiger partial charge on any atom is -0.352 e. The SMILES string of the molecule is CCCC(=O)N(Cc1ccc(F)cc1)[C@@H](Cc1ccccc1)C(=O)N[C@H](C)CC. The van der Waals surface area contributed by atoms with Crippen molar-refractivity contribution >= 4 is 11.8 Å². The molecule has 0 saturated heterocycles. The Morgan fingerprint density at radius 3 is 2.24 bits per heavy atom. The maximum absolute atomic E-state index is 13.3. The van der Waals surface area contributed by atoms with Crippen LogP contribution in [0.15, 0.2) is 54.6 Å². The van der Waals surface area contributed by atoms with Crippen molar-refractivity contribution in [3.63, 3.8) is 0 Å². The highest BCUT2D eigenvalue weighted by Gasteiger charge is 2.30. The second kappa shape index (κ2) is 11.3. The molecule has 0 radical (unpaired) electrons. The van der Waals surface area contributed by atoms with E-state index in [0.29, 0.717) is 19.3 Å². The average molecular weight is 399 g/mol. The van der Waals surface area contributed by atoms with Gasteiger partial charge in [-0.2, -0.15) is 0 Å². The molecule has 156 valence electrons. The van der Waals surface area contributed by atoms with Gasteiger partial charge in [-0.15, -0.1) is 0 Å². The van der Waals surface area contributed by atoms with Crippen molar-refractivity contribution in [1.29, 1.82) is 0 Å². The highest BCUT2D eigenvalue weighted by molar-refractivity contribution is 5.88. The Morgan fingerprint density at radius 1 is 1.00 bits per heavy atom. The van der Waals surface area contributed by atoms with E-state index < -0.39 is 6.04 Å². The molecular formula is C24H31FN2O2. The first kappa shape index (κ1) is 22.6. The van der Waals surface area contributed by atoms with Gasteiger partial charge in [0.25, 0.3) is 0 Å². The van der Waals surface area contributed by atoms with E-state index in [2.05, 4.69) is 5.32 Å². The lowest BCUT2D eigenvalue weighted by Crippen LogP contribution is -2.52. The van der Waals surface area contributed by atoms with Crippen LogP contribution in [0.1, 0.15) is 51.2 Å². The third kappa shape index (κ3) is 7.00. The minimum atomic E-state index is -0.629. The zero-order chi connectivity index (χ0) is 21.2. The molecule has 0 fully saturated rings. The Hall–Kier alpha value is -2.69. The molecule has 2 atom stereocenters. The molecular weight excluding hydrogens is 367 g/mol. The first-order chi connectivity index (χ1) is 13.9. The van der Waals surface area contributed by atoms with Crippen LogP contribution in [-0.2, 0) is 22.6 Å². The van der Waals surface area contributed by atoms with Gasteiger partial charge in [0.05, 0.1) is 0 Å². The summed E-state index contributed by atoms with van der Waals surface area (Å²) in [5.41, 5.74) is 1.79. The molecule has 1 N–H and O–H groups in total. The van der Waals surface area contributed by atoms with E-state index in [1.807, 2.05) is 51.1 Å². The van der Waals surface area contributed by atoms with Gasteiger partial charge in [-0.25, -0.2) is 4.39 Å². The van der Waals surface area contributed by atoms with Crippen molar-refractivity contribution in [2.75, 3.05) is 0 Å². The van der Waals surface area contributed by atoms with Crippen LogP contribution in [0.3, 0.4) is 0 Å². The molecule has 0 aliphatic rings. The fourth-order valence-electron chi connectivity index (χ4n) is 3.14. The van der Waals surface area contributed by atoms with Crippen LogP contribution in [0.25, 0.3) is 0 Å². The highest BCUT2D eigenvalue weighted by Crippen LogP contribution is 2.17. The number of halogens is 1. The summed E-state index contributed by atoms with van der Waals surface area (Å²) in [5, 5.41) is 3.03. The number of carbonyl (C=O) groups excluding carboxylic acids is 2. The van der Waals surface area contributed by atoms with Gasteiger partial charge in [0, 0.05) is 25.4 Å². The average Bonchev–Trinajstić information content (AvgIpc) is 2.72. The molecule has 2 aromatic carbocycles. The molecule has 2 amide bonds. The van der Waals surface area contributed by atoms with Crippen molar-refractivity contribution in [3.05, 3.63) is 71.5 Å². The molecule has 0 aromatic heterocycles. The van der Waals surface area contributed by atoms with Crippen molar-refractivity contribution < 1.29 is 14.0 Å². The number of nitrogens with one attached hydrogen (secondary N) is 1. The first-order valence-corrected chi connectivity index (χ1v) is 10.3. The lowest BCUT2D eigenvalue weighted by molar-refractivity contribution is -0.141. The van der Waals surface area contributed by atoms with Crippen LogP contribution < -0.4 is 5.32 Å². The van der Waals surface area contributed by atoms with Gasteiger partial charge in [0.15, 0.2) is 0 Å². The maximum atomic E-state index is 13.3.